The number of anilines is 1. The van der Waals surface area contributed by atoms with Gasteiger partial charge in [-0.2, -0.15) is 9.61 Å². The van der Waals surface area contributed by atoms with E-state index in [2.05, 4.69) is 45.3 Å². The van der Waals surface area contributed by atoms with Gasteiger partial charge in [0.15, 0.2) is 11.5 Å². The Morgan fingerprint density at radius 3 is 2.63 bits per heavy atom. The molecule has 30 heavy (non-hydrogen) atoms. The molecule has 0 bridgehead atoms. The van der Waals surface area contributed by atoms with Crippen LogP contribution in [0.15, 0.2) is 67.0 Å². The van der Waals surface area contributed by atoms with Gasteiger partial charge >= 0.3 is 0 Å². The van der Waals surface area contributed by atoms with Gasteiger partial charge in [-0.05, 0) is 48.0 Å². The molecule has 7 heteroatoms. The van der Waals surface area contributed by atoms with Crippen molar-refractivity contribution in [1.29, 1.82) is 0 Å². The van der Waals surface area contributed by atoms with Crippen molar-refractivity contribution in [2.45, 2.75) is 12.8 Å². The third kappa shape index (κ3) is 3.14. The van der Waals surface area contributed by atoms with Crippen LogP contribution >= 0.6 is 0 Å². The molecular weight excluding hydrogens is 374 g/mol. The Bertz CT molecular complexity index is 1340. The first kappa shape index (κ1) is 18.2. The molecule has 0 radical (unpaired) electrons. The quantitative estimate of drug-likeness (QED) is 0.459. The van der Waals surface area contributed by atoms with Crippen LogP contribution in [0.5, 0.6) is 0 Å². The number of nitrogens with zero attached hydrogens (tertiary/aromatic N) is 7. The van der Waals surface area contributed by atoms with Crippen molar-refractivity contribution in [3.05, 3.63) is 78.4 Å². The first-order chi connectivity index (χ1) is 14.6. The first-order valence-corrected chi connectivity index (χ1v) is 9.81. The van der Waals surface area contributed by atoms with E-state index in [4.69, 9.17) is 5.10 Å². The van der Waals surface area contributed by atoms with E-state index in [-0.39, 0.29) is 5.92 Å². The maximum atomic E-state index is 4.81. The fourth-order valence-corrected chi connectivity index (χ4v) is 3.54. The minimum absolute atomic E-state index is 0.0293. The Morgan fingerprint density at radius 2 is 1.83 bits per heavy atom. The van der Waals surface area contributed by atoms with E-state index in [0.29, 0.717) is 0 Å². The lowest BCUT2D eigenvalue weighted by atomic mass is 9.98. The van der Waals surface area contributed by atoms with Crippen LogP contribution in [0.4, 0.5) is 5.82 Å². The van der Waals surface area contributed by atoms with Gasteiger partial charge in [-0.25, -0.2) is 4.98 Å². The van der Waals surface area contributed by atoms with Crippen molar-refractivity contribution < 1.29 is 0 Å². The Balaban J connectivity index is 1.55. The molecule has 4 heterocycles. The molecule has 0 unspecified atom stereocenters. The van der Waals surface area contributed by atoms with Gasteiger partial charge in [0, 0.05) is 43.4 Å². The second-order valence-corrected chi connectivity index (χ2v) is 7.52. The summed E-state index contributed by atoms with van der Waals surface area (Å²) in [5, 5.41) is 14.7. The number of aromatic nitrogens is 6. The van der Waals surface area contributed by atoms with E-state index in [0.717, 1.165) is 45.0 Å². The summed E-state index contributed by atoms with van der Waals surface area (Å²) < 4.78 is 1.83. The van der Waals surface area contributed by atoms with Crippen LogP contribution in [0.25, 0.3) is 27.8 Å². The largest absolute Gasteiger partial charge is 0.363 e. The standard InChI is InChI=1S/C23H21N7/c1-15(16-6-8-19-17(13-16)5-4-12-24-19)23-27-26-22-11-9-20(28-30(22)23)18-7-10-21(25-14-18)29(2)3/h4-15H,1-3H3/t15-/m0/s1. The Labute approximate surface area is 174 Å². The van der Waals surface area contributed by atoms with Crippen molar-refractivity contribution in [3.63, 3.8) is 0 Å². The summed E-state index contributed by atoms with van der Waals surface area (Å²) in [6.45, 7) is 2.12. The number of pyridine rings is 2. The maximum absolute atomic E-state index is 4.81. The molecule has 0 fully saturated rings. The third-order valence-corrected chi connectivity index (χ3v) is 5.30. The summed E-state index contributed by atoms with van der Waals surface area (Å²) in [6, 6.07) is 18.2. The molecule has 0 aliphatic heterocycles. The molecule has 7 nitrogen and oxygen atoms in total. The van der Waals surface area contributed by atoms with Gasteiger partial charge in [0.05, 0.1) is 11.2 Å². The number of benzene rings is 1. The minimum atomic E-state index is 0.0293. The van der Waals surface area contributed by atoms with Crippen molar-refractivity contribution in [2.75, 3.05) is 19.0 Å². The highest BCUT2D eigenvalue weighted by atomic mass is 15.4. The van der Waals surface area contributed by atoms with Gasteiger partial charge in [-0.3, -0.25) is 4.98 Å². The Kier molecular flexibility index (Phi) is 4.35. The summed E-state index contributed by atoms with van der Waals surface area (Å²) in [5.41, 5.74) is 4.63. The van der Waals surface area contributed by atoms with E-state index >= 15 is 0 Å². The highest BCUT2D eigenvalue weighted by molar-refractivity contribution is 5.79. The second kappa shape index (κ2) is 7.18. The second-order valence-electron chi connectivity index (χ2n) is 7.52. The predicted octanol–water partition coefficient (Wildman–Crippen LogP) is 3.95. The van der Waals surface area contributed by atoms with Crippen LogP contribution in [0.3, 0.4) is 0 Å². The Morgan fingerprint density at radius 1 is 0.933 bits per heavy atom. The fraction of sp³-hybridized carbons (Fsp3) is 0.174. The molecule has 148 valence electrons. The van der Waals surface area contributed by atoms with E-state index in [1.165, 1.54) is 0 Å². The molecule has 1 atom stereocenters. The molecule has 5 rings (SSSR count). The van der Waals surface area contributed by atoms with Crippen molar-refractivity contribution >= 4 is 22.4 Å². The number of rotatable bonds is 4. The topological polar surface area (TPSA) is 72.1 Å². The van der Waals surface area contributed by atoms with Gasteiger partial charge in [-0.15, -0.1) is 10.2 Å². The van der Waals surface area contributed by atoms with Crippen molar-refractivity contribution in [1.82, 2.24) is 29.8 Å². The average molecular weight is 395 g/mol. The van der Waals surface area contributed by atoms with Gasteiger partial charge in [-0.1, -0.05) is 19.1 Å². The zero-order valence-electron chi connectivity index (χ0n) is 17.1. The molecule has 0 aliphatic carbocycles. The third-order valence-electron chi connectivity index (χ3n) is 5.30. The summed E-state index contributed by atoms with van der Waals surface area (Å²) >= 11 is 0. The van der Waals surface area contributed by atoms with Gasteiger partial charge in [0.2, 0.25) is 0 Å². The van der Waals surface area contributed by atoms with Crippen molar-refractivity contribution in [3.8, 4) is 11.3 Å². The van der Waals surface area contributed by atoms with E-state index in [9.17, 15) is 0 Å². The smallest absolute Gasteiger partial charge is 0.177 e. The molecule has 0 saturated heterocycles. The average Bonchev–Trinajstić information content (AvgIpc) is 3.21. The highest BCUT2D eigenvalue weighted by Crippen LogP contribution is 2.26. The van der Waals surface area contributed by atoms with Crippen LogP contribution in [0, 0.1) is 0 Å². The normalized spacial score (nSPS) is 12.4. The predicted molar refractivity (Wildman–Crippen MR) is 118 cm³/mol. The van der Waals surface area contributed by atoms with Crippen LogP contribution < -0.4 is 4.90 Å². The number of hydrogen-bond donors (Lipinski definition) is 0. The Hall–Kier alpha value is -3.87. The fourth-order valence-electron chi connectivity index (χ4n) is 3.54. The lowest BCUT2D eigenvalue weighted by molar-refractivity contribution is 0.753. The first-order valence-electron chi connectivity index (χ1n) is 9.81. The van der Waals surface area contributed by atoms with Crippen molar-refractivity contribution in [2.24, 2.45) is 0 Å². The lowest BCUT2D eigenvalue weighted by Gasteiger charge is -2.12. The van der Waals surface area contributed by atoms with E-state index in [1.54, 1.807) is 0 Å². The molecular formula is C23H21N7. The zero-order valence-corrected chi connectivity index (χ0v) is 17.1. The molecule has 0 saturated carbocycles. The zero-order chi connectivity index (χ0) is 20.7. The molecule has 0 N–H and O–H groups in total. The molecule has 4 aromatic heterocycles. The summed E-state index contributed by atoms with van der Waals surface area (Å²) in [6.07, 6.45) is 3.65. The molecule has 5 aromatic rings. The monoisotopic (exact) mass is 395 g/mol. The molecule has 0 spiro atoms. The lowest BCUT2D eigenvalue weighted by Crippen LogP contribution is -2.10. The summed E-state index contributed by atoms with van der Waals surface area (Å²) in [7, 11) is 3.94. The van der Waals surface area contributed by atoms with Gasteiger partial charge in [0.1, 0.15) is 5.82 Å². The summed E-state index contributed by atoms with van der Waals surface area (Å²) in [4.78, 5) is 10.9. The molecule has 0 amide bonds. The minimum Gasteiger partial charge on any atom is -0.363 e. The summed E-state index contributed by atoms with van der Waals surface area (Å²) in [5.74, 6) is 1.73. The van der Waals surface area contributed by atoms with Crippen LogP contribution in [0.1, 0.15) is 24.2 Å². The number of fused-ring (bicyclic) bond motifs is 2. The van der Waals surface area contributed by atoms with Gasteiger partial charge < -0.3 is 4.90 Å². The van der Waals surface area contributed by atoms with E-state index < -0.39 is 0 Å². The number of hydrogen-bond acceptors (Lipinski definition) is 6. The van der Waals surface area contributed by atoms with Crippen LogP contribution in [0.2, 0.25) is 0 Å². The maximum Gasteiger partial charge on any atom is 0.177 e. The van der Waals surface area contributed by atoms with E-state index in [1.807, 2.05) is 72.3 Å². The highest BCUT2D eigenvalue weighted by Gasteiger charge is 2.18. The SMILES string of the molecule is C[C@@H](c1ccc2ncccc2c1)c1nnc2ccc(-c3ccc(N(C)C)nc3)nn12. The molecule has 1 aromatic carbocycles. The van der Waals surface area contributed by atoms with Gasteiger partial charge in [0.25, 0.3) is 0 Å². The van der Waals surface area contributed by atoms with Crippen LogP contribution in [-0.2, 0) is 0 Å². The molecule has 0 aliphatic rings. The van der Waals surface area contributed by atoms with Crippen LogP contribution in [-0.4, -0.2) is 43.9 Å².